The molecule has 7 nitrogen and oxygen atoms in total. The average molecular weight is 444 g/mol. The van der Waals surface area contributed by atoms with Crippen molar-refractivity contribution in [3.63, 3.8) is 0 Å². The van der Waals surface area contributed by atoms with Gasteiger partial charge in [0.1, 0.15) is 17.8 Å². The molecule has 2 aliphatic heterocycles. The molecule has 0 bridgehead atoms. The quantitative estimate of drug-likeness (QED) is 0.684. The van der Waals surface area contributed by atoms with Crippen LogP contribution in [0.5, 0.6) is 5.75 Å². The van der Waals surface area contributed by atoms with Gasteiger partial charge in [-0.2, -0.15) is 0 Å². The molecular formula is C24H30FN3O4. The molecule has 0 atom stereocenters. The van der Waals surface area contributed by atoms with Crippen LogP contribution in [0.2, 0.25) is 0 Å². The zero-order chi connectivity index (χ0) is 22.5. The number of carbonyl (C=O) groups is 1. The molecule has 0 aliphatic carbocycles. The van der Waals surface area contributed by atoms with E-state index in [4.69, 9.17) is 9.15 Å². The van der Waals surface area contributed by atoms with Gasteiger partial charge in [-0.3, -0.25) is 14.5 Å². The zero-order valence-corrected chi connectivity index (χ0v) is 18.5. The predicted molar refractivity (Wildman–Crippen MR) is 119 cm³/mol. The lowest BCUT2D eigenvalue weighted by molar-refractivity contribution is -0.134. The molecule has 0 unspecified atom stereocenters. The molecule has 1 amide bonds. The van der Waals surface area contributed by atoms with Crippen molar-refractivity contribution in [3.8, 4) is 5.75 Å². The number of piperidine rings is 1. The molecule has 4 rings (SSSR count). The fourth-order valence-corrected chi connectivity index (χ4v) is 4.19. The second kappa shape index (κ2) is 10.2. The molecule has 0 radical (unpaired) electrons. The Morgan fingerprint density at radius 1 is 1.12 bits per heavy atom. The van der Waals surface area contributed by atoms with Gasteiger partial charge < -0.3 is 19.0 Å². The van der Waals surface area contributed by atoms with Crippen LogP contribution in [-0.2, 0) is 11.3 Å². The van der Waals surface area contributed by atoms with Gasteiger partial charge in [0.25, 0.3) is 5.91 Å². The standard InChI is InChI=1S/C24H30FN3O4/c1-18-6-8-28(9-7-18)24(30)17-32-23-16-31-19(14-22(23)29)15-26-10-12-27(13-11-26)21-5-3-2-4-20(21)25/h2-5,14,16,18H,6-13,15,17H2,1H3. The third kappa shape index (κ3) is 5.48. The van der Waals surface area contributed by atoms with Crippen LogP contribution in [0.25, 0.3) is 0 Å². The number of rotatable bonds is 6. The van der Waals surface area contributed by atoms with Gasteiger partial charge >= 0.3 is 0 Å². The molecule has 0 spiro atoms. The lowest BCUT2D eigenvalue weighted by Crippen LogP contribution is -2.46. The first-order valence-electron chi connectivity index (χ1n) is 11.2. The van der Waals surface area contributed by atoms with E-state index in [0.717, 1.165) is 39.0 Å². The van der Waals surface area contributed by atoms with Crippen LogP contribution in [0.4, 0.5) is 10.1 Å². The van der Waals surface area contributed by atoms with Gasteiger partial charge in [-0.05, 0) is 30.9 Å². The second-order valence-corrected chi connectivity index (χ2v) is 8.64. The number of likely N-dealkylation sites (tertiary alicyclic amines) is 1. The van der Waals surface area contributed by atoms with Crippen molar-refractivity contribution in [2.75, 3.05) is 50.8 Å². The summed E-state index contributed by atoms with van der Waals surface area (Å²) < 4.78 is 25.0. The first-order chi connectivity index (χ1) is 15.5. The van der Waals surface area contributed by atoms with Crippen LogP contribution in [0, 0.1) is 11.7 Å². The predicted octanol–water partition coefficient (Wildman–Crippen LogP) is 2.74. The molecule has 2 fully saturated rings. The number of anilines is 1. The van der Waals surface area contributed by atoms with E-state index in [9.17, 15) is 14.0 Å². The van der Waals surface area contributed by atoms with E-state index in [1.54, 1.807) is 17.0 Å². The number of carbonyl (C=O) groups excluding carboxylic acids is 1. The first kappa shape index (κ1) is 22.3. The smallest absolute Gasteiger partial charge is 0.260 e. The van der Waals surface area contributed by atoms with Crippen LogP contribution in [0.3, 0.4) is 0 Å². The number of piperazine rings is 1. The van der Waals surface area contributed by atoms with Gasteiger partial charge in [0.05, 0.1) is 12.2 Å². The van der Waals surface area contributed by atoms with Crippen molar-refractivity contribution in [3.05, 3.63) is 58.4 Å². The highest BCUT2D eigenvalue weighted by molar-refractivity contribution is 5.77. The van der Waals surface area contributed by atoms with E-state index in [1.807, 2.05) is 11.0 Å². The minimum absolute atomic E-state index is 0.0526. The SMILES string of the molecule is CC1CCN(C(=O)COc2coc(CN3CCN(c4ccccc4F)CC3)cc2=O)CC1. The van der Waals surface area contributed by atoms with Crippen LogP contribution < -0.4 is 15.1 Å². The van der Waals surface area contributed by atoms with Crippen molar-refractivity contribution >= 4 is 11.6 Å². The van der Waals surface area contributed by atoms with Crippen molar-refractivity contribution < 1.29 is 18.3 Å². The Labute approximate surface area is 187 Å². The Kier molecular flexibility index (Phi) is 7.09. The fourth-order valence-electron chi connectivity index (χ4n) is 4.19. The lowest BCUT2D eigenvalue weighted by Gasteiger charge is -2.35. The summed E-state index contributed by atoms with van der Waals surface area (Å²) in [6.45, 7) is 6.87. The molecule has 1 aromatic carbocycles. The zero-order valence-electron chi connectivity index (χ0n) is 18.5. The highest BCUT2D eigenvalue weighted by Crippen LogP contribution is 2.21. The molecule has 172 valence electrons. The summed E-state index contributed by atoms with van der Waals surface area (Å²) in [5, 5.41) is 0. The number of hydrogen-bond donors (Lipinski definition) is 0. The van der Waals surface area contributed by atoms with Crippen LogP contribution in [-0.4, -0.2) is 61.6 Å². The van der Waals surface area contributed by atoms with Gasteiger partial charge in [0.2, 0.25) is 11.2 Å². The third-order valence-corrected chi connectivity index (χ3v) is 6.28. The van der Waals surface area contributed by atoms with Crippen molar-refractivity contribution in [2.45, 2.75) is 26.3 Å². The topological polar surface area (TPSA) is 66.2 Å². The fraction of sp³-hybridized carbons (Fsp3) is 0.500. The van der Waals surface area contributed by atoms with Crippen molar-refractivity contribution in [2.24, 2.45) is 5.92 Å². The number of nitrogens with zero attached hydrogens (tertiary/aromatic N) is 3. The number of benzene rings is 1. The summed E-state index contributed by atoms with van der Waals surface area (Å²) >= 11 is 0. The molecular weight excluding hydrogens is 413 g/mol. The van der Waals surface area contributed by atoms with E-state index in [2.05, 4.69) is 11.8 Å². The Morgan fingerprint density at radius 2 is 1.84 bits per heavy atom. The second-order valence-electron chi connectivity index (χ2n) is 8.64. The summed E-state index contributed by atoms with van der Waals surface area (Å²) in [6, 6.07) is 8.21. The summed E-state index contributed by atoms with van der Waals surface area (Å²) in [5.41, 5.74) is 0.324. The number of ether oxygens (including phenoxy) is 1. The molecule has 0 saturated carbocycles. The molecule has 32 heavy (non-hydrogen) atoms. The van der Waals surface area contributed by atoms with Gasteiger partial charge in [0, 0.05) is 45.3 Å². The number of halogens is 1. The molecule has 2 aromatic rings. The van der Waals surface area contributed by atoms with E-state index >= 15 is 0 Å². The lowest BCUT2D eigenvalue weighted by atomic mass is 9.99. The molecule has 8 heteroatoms. The maximum absolute atomic E-state index is 14.0. The Balaban J connectivity index is 1.26. The normalized spacial score (nSPS) is 18.1. The summed E-state index contributed by atoms with van der Waals surface area (Å²) in [7, 11) is 0. The van der Waals surface area contributed by atoms with E-state index in [0.29, 0.717) is 37.0 Å². The monoisotopic (exact) mass is 443 g/mol. The number of para-hydroxylation sites is 1. The Morgan fingerprint density at radius 3 is 2.53 bits per heavy atom. The van der Waals surface area contributed by atoms with Gasteiger partial charge in [0.15, 0.2) is 6.61 Å². The summed E-state index contributed by atoms with van der Waals surface area (Å²) in [4.78, 5) is 30.7. The maximum atomic E-state index is 14.0. The van der Waals surface area contributed by atoms with Crippen LogP contribution in [0.1, 0.15) is 25.5 Å². The first-order valence-corrected chi connectivity index (χ1v) is 11.2. The number of amides is 1. The highest BCUT2D eigenvalue weighted by atomic mass is 19.1. The molecule has 2 saturated heterocycles. The van der Waals surface area contributed by atoms with E-state index < -0.39 is 0 Å². The van der Waals surface area contributed by atoms with Crippen LogP contribution in [0.15, 0.2) is 45.8 Å². The number of hydrogen-bond acceptors (Lipinski definition) is 6. The van der Waals surface area contributed by atoms with Gasteiger partial charge in [-0.1, -0.05) is 19.1 Å². The maximum Gasteiger partial charge on any atom is 0.260 e. The highest BCUT2D eigenvalue weighted by Gasteiger charge is 2.22. The van der Waals surface area contributed by atoms with Crippen molar-refractivity contribution in [1.82, 2.24) is 9.80 Å². The largest absolute Gasteiger partial charge is 0.477 e. The van der Waals surface area contributed by atoms with Gasteiger partial charge in [-0.15, -0.1) is 0 Å². The van der Waals surface area contributed by atoms with Crippen molar-refractivity contribution in [1.29, 1.82) is 0 Å². The summed E-state index contributed by atoms with van der Waals surface area (Å²) in [5.74, 6) is 0.917. The minimum Gasteiger partial charge on any atom is -0.477 e. The van der Waals surface area contributed by atoms with Crippen LogP contribution >= 0.6 is 0 Å². The molecule has 0 N–H and O–H groups in total. The van der Waals surface area contributed by atoms with Gasteiger partial charge in [-0.25, -0.2) is 4.39 Å². The van der Waals surface area contributed by atoms with E-state index in [1.165, 1.54) is 18.4 Å². The molecule has 1 aromatic heterocycles. The average Bonchev–Trinajstić information content (AvgIpc) is 2.80. The molecule has 3 heterocycles. The molecule has 2 aliphatic rings. The van der Waals surface area contributed by atoms with E-state index in [-0.39, 0.29) is 29.5 Å². The Bertz CT molecular complexity index is 979. The Hall–Kier alpha value is -2.87. The summed E-state index contributed by atoms with van der Waals surface area (Å²) in [6.07, 6.45) is 3.28. The minimum atomic E-state index is -0.295. The third-order valence-electron chi connectivity index (χ3n) is 6.28.